The second kappa shape index (κ2) is 7.98. The second-order valence-electron chi connectivity index (χ2n) is 6.42. The number of carbonyl (C=O) groups is 1. The summed E-state index contributed by atoms with van der Waals surface area (Å²) in [5.74, 6) is -0.263. The zero-order chi connectivity index (χ0) is 17.9. The third-order valence-electron chi connectivity index (χ3n) is 4.73. The zero-order valence-electron chi connectivity index (χ0n) is 14.7. The van der Waals surface area contributed by atoms with E-state index in [1.165, 1.54) is 17.8 Å². The molecule has 0 unspecified atom stereocenters. The van der Waals surface area contributed by atoms with Crippen LogP contribution in [0.15, 0.2) is 23.1 Å². The van der Waals surface area contributed by atoms with E-state index in [1.54, 1.807) is 24.1 Å². The first-order valence-electron chi connectivity index (χ1n) is 8.18. The van der Waals surface area contributed by atoms with Crippen molar-refractivity contribution in [3.8, 4) is 0 Å². The summed E-state index contributed by atoms with van der Waals surface area (Å²) in [6.45, 7) is 6.25. The van der Waals surface area contributed by atoms with Crippen LogP contribution in [-0.2, 0) is 0 Å². The molecule has 0 N–H and O–H groups in total. The lowest BCUT2D eigenvalue weighted by molar-refractivity contribution is -0.385. The van der Waals surface area contributed by atoms with Crippen LogP contribution < -0.4 is 0 Å². The molecule has 6 nitrogen and oxygen atoms in total. The predicted octanol–water partition coefficient (Wildman–Crippen LogP) is 3.26. The first kappa shape index (κ1) is 18.7. The first-order chi connectivity index (χ1) is 11.3. The molecule has 0 saturated carbocycles. The third-order valence-corrected chi connectivity index (χ3v) is 5.45. The topological polar surface area (TPSA) is 66.7 Å². The van der Waals surface area contributed by atoms with Gasteiger partial charge in [0, 0.05) is 43.2 Å². The Morgan fingerprint density at radius 2 is 2.00 bits per heavy atom. The van der Waals surface area contributed by atoms with Crippen molar-refractivity contribution in [2.24, 2.45) is 0 Å². The van der Waals surface area contributed by atoms with Crippen LogP contribution in [0.4, 0.5) is 5.69 Å². The van der Waals surface area contributed by atoms with Gasteiger partial charge in [0.1, 0.15) is 5.56 Å². The Labute approximate surface area is 147 Å². The van der Waals surface area contributed by atoms with Crippen LogP contribution in [0.25, 0.3) is 0 Å². The van der Waals surface area contributed by atoms with Gasteiger partial charge in [-0.15, -0.1) is 11.8 Å². The summed E-state index contributed by atoms with van der Waals surface area (Å²) in [4.78, 5) is 28.6. The lowest BCUT2D eigenvalue weighted by Gasteiger charge is -2.38. The predicted molar refractivity (Wildman–Crippen MR) is 96.7 cm³/mol. The van der Waals surface area contributed by atoms with Gasteiger partial charge in [0.2, 0.25) is 0 Å². The SMILES string of the molecule is CSc1ccc([N+](=O)[O-])c(C(=O)N(C)C2CCN(C(C)C)CC2)c1. The lowest BCUT2D eigenvalue weighted by Crippen LogP contribution is -2.47. The molecule has 7 heteroatoms. The molecule has 1 aromatic rings. The highest BCUT2D eigenvalue weighted by Gasteiger charge is 2.30. The van der Waals surface area contributed by atoms with E-state index in [1.807, 2.05) is 6.26 Å². The summed E-state index contributed by atoms with van der Waals surface area (Å²) in [6.07, 6.45) is 3.69. The van der Waals surface area contributed by atoms with E-state index in [0.29, 0.717) is 6.04 Å². The van der Waals surface area contributed by atoms with Crippen molar-refractivity contribution in [2.45, 2.75) is 43.7 Å². The number of benzene rings is 1. The summed E-state index contributed by atoms with van der Waals surface area (Å²) in [6, 6.07) is 5.37. The van der Waals surface area contributed by atoms with Crippen LogP contribution in [0.5, 0.6) is 0 Å². The number of amides is 1. The summed E-state index contributed by atoms with van der Waals surface area (Å²) in [7, 11) is 1.76. The minimum atomic E-state index is -0.480. The number of nitro groups is 1. The van der Waals surface area contributed by atoms with E-state index in [4.69, 9.17) is 0 Å². The Bertz CT molecular complexity index is 613. The summed E-state index contributed by atoms with van der Waals surface area (Å²) >= 11 is 1.47. The fourth-order valence-electron chi connectivity index (χ4n) is 3.12. The molecule has 0 spiro atoms. The molecule has 0 aliphatic carbocycles. The maximum absolute atomic E-state index is 12.9. The number of nitrogens with zero attached hydrogens (tertiary/aromatic N) is 3. The molecule has 1 amide bonds. The molecule has 0 bridgehead atoms. The van der Waals surface area contributed by atoms with Gasteiger partial charge in [-0.05, 0) is 45.1 Å². The molecule has 1 heterocycles. The van der Waals surface area contributed by atoms with Crippen LogP contribution in [0.3, 0.4) is 0 Å². The van der Waals surface area contributed by atoms with Crippen LogP contribution >= 0.6 is 11.8 Å². The normalized spacial score (nSPS) is 16.4. The molecule has 2 rings (SSSR count). The summed E-state index contributed by atoms with van der Waals surface area (Å²) < 4.78 is 0. The number of rotatable bonds is 5. The number of thioether (sulfide) groups is 1. The Morgan fingerprint density at radius 3 is 2.50 bits per heavy atom. The Kier molecular flexibility index (Phi) is 6.23. The second-order valence-corrected chi connectivity index (χ2v) is 7.30. The van der Waals surface area contributed by atoms with Crippen LogP contribution in [0.1, 0.15) is 37.0 Å². The zero-order valence-corrected chi connectivity index (χ0v) is 15.5. The number of carbonyl (C=O) groups excluding carboxylic acids is 1. The number of hydrogen-bond donors (Lipinski definition) is 0. The molecule has 0 atom stereocenters. The molecule has 1 aromatic carbocycles. The van der Waals surface area contributed by atoms with Gasteiger partial charge in [0.25, 0.3) is 11.6 Å². The molecule has 132 valence electrons. The van der Waals surface area contributed by atoms with Crippen molar-refractivity contribution in [3.63, 3.8) is 0 Å². The van der Waals surface area contributed by atoms with Crippen molar-refractivity contribution in [1.82, 2.24) is 9.80 Å². The molecular formula is C17H25N3O3S. The molecule has 1 fully saturated rings. The molecule has 1 aliphatic heterocycles. The summed E-state index contributed by atoms with van der Waals surface area (Å²) in [5, 5.41) is 11.3. The monoisotopic (exact) mass is 351 g/mol. The van der Waals surface area contributed by atoms with E-state index in [-0.39, 0.29) is 23.2 Å². The minimum absolute atomic E-state index is 0.121. The number of hydrogen-bond acceptors (Lipinski definition) is 5. The van der Waals surface area contributed by atoms with Crippen molar-refractivity contribution in [3.05, 3.63) is 33.9 Å². The molecule has 1 saturated heterocycles. The minimum Gasteiger partial charge on any atom is -0.338 e. The van der Waals surface area contributed by atoms with E-state index >= 15 is 0 Å². The molecule has 1 aliphatic rings. The number of piperidine rings is 1. The Morgan fingerprint density at radius 1 is 1.38 bits per heavy atom. The largest absolute Gasteiger partial charge is 0.338 e. The van der Waals surface area contributed by atoms with E-state index < -0.39 is 4.92 Å². The average molecular weight is 351 g/mol. The molecule has 0 aromatic heterocycles. The van der Waals surface area contributed by atoms with Crippen molar-refractivity contribution >= 4 is 23.4 Å². The van der Waals surface area contributed by atoms with Crippen LogP contribution in [-0.4, -0.2) is 59.1 Å². The van der Waals surface area contributed by atoms with Gasteiger partial charge in [0.15, 0.2) is 0 Å². The molecular weight excluding hydrogens is 326 g/mol. The average Bonchev–Trinajstić information content (AvgIpc) is 2.59. The van der Waals surface area contributed by atoms with Crippen LogP contribution in [0, 0.1) is 10.1 Å². The fraction of sp³-hybridized carbons (Fsp3) is 0.588. The third kappa shape index (κ3) is 4.08. The van der Waals surface area contributed by atoms with Gasteiger partial charge < -0.3 is 9.80 Å². The number of nitro benzene ring substituents is 1. The van der Waals surface area contributed by atoms with E-state index in [2.05, 4.69) is 18.7 Å². The highest BCUT2D eigenvalue weighted by Crippen LogP contribution is 2.27. The first-order valence-corrected chi connectivity index (χ1v) is 9.41. The van der Waals surface area contributed by atoms with Gasteiger partial charge in [-0.2, -0.15) is 0 Å². The van der Waals surface area contributed by atoms with Gasteiger partial charge >= 0.3 is 0 Å². The van der Waals surface area contributed by atoms with Gasteiger partial charge in [-0.1, -0.05) is 0 Å². The van der Waals surface area contributed by atoms with Crippen LogP contribution in [0.2, 0.25) is 0 Å². The van der Waals surface area contributed by atoms with Crippen molar-refractivity contribution in [2.75, 3.05) is 26.4 Å². The van der Waals surface area contributed by atoms with Crippen molar-refractivity contribution < 1.29 is 9.72 Å². The quantitative estimate of drug-likeness (QED) is 0.463. The maximum atomic E-state index is 12.9. The van der Waals surface area contributed by atoms with Gasteiger partial charge in [-0.25, -0.2) is 0 Å². The van der Waals surface area contributed by atoms with Gasteiger partial charge in [0.05, 0.1) is 4.92 Å². The fourth-order valence-corrected chi connectivity index (χ4v) is 3.56. The number of likely N-dealkylation sites (tertiary alicyclic amines) is 1. The highest BCUT2D eigenvalue weighted by molar-refractivity contribution is 7.98. The summed E-state index contributed by atoms with van der Waals surface area (Å²) in [5.41, 5.74) is 0.0601. The smallest absolute Gasteiger partial charge is 0.282 e. The Balaban J connectivity index is 2.18. The Hall–Kier alpha value is -1.60. The lowest BCUT2D eigenvalue weighted by atomic mass is 10.0. The standard InChI is InChI=1S/C17H25N3O3S/c1-12(2)19-9-7-13(8-10-19)18(3)17(21)15-11-14(24-4)5-6-16(15)20(22)23/h5-6,11-13H,7-10H2,1-4H3. The van der Waals surface area contributed by atoms with Gasteiger partial charge in [-0.3, -0.25) is 14.9 Å². The van der Waals surface area contributed by atoms with E-state index in [9.17, 15) is 14.9 Å². The van der Waals surface area contributed by atoms with E-state index in [0.717, 1.165) is 30.8 Å². The molecule has 24 heavy (non-hydrogen) atoms. The maximum Gasteiger partial charge on any atom is 0.282 e. The molecule has 0 radical (unpaired) electrons. The van der Waals surface area contributed by atoms with Crippen molar-refractivity contribution in [1.29, 1.82) is 0 Å². The highest BCUT2D eigenvalue weighted by atomic mass is 32.2.